The Bertz CT molecular complexity index is 822. The molecule has 9 heteroatoms. The van der Waals surface area contributed by atoms with Crippen LogP contribution in [0.4, 0.5) is 17.1 Å². The number of nitro benzene ring substituents is 2. The van der Waals surface area contributed by atoms with Crippen molar-refractivity contribution in [2.45, 2.75) is 6.92 Å². The van der Waals surface area contributed by atoms with Gasteiger partial charge in [-0.3, -0.25) is 25.0 Å². The first-order valence-electron chi connectivity index (χ1n) is 6.30. The minimum atomic E-state index is -0.775. The molecule has 2 aromatic rings. The summed E-state index contributed by atoms with van der Waals surface area (Å²) in [5, 5.41) is 24.5. The molecule has 0 heterocycles. The number of non-ortho nitro benzene ring substituents is 1. The molecule has 0 aliphatic rings. The van der Waals surface area contributed by atoms with Crippen molar-refractivity contribution in [2.24, 2.45) is 0 Å². The lowest BCUT2D eigenvalue weighted by Gasteiger charge is -2.08. The Morgan fingerprint density at radius 1 is 1.13 bits per heavy atom. The van der Waals surface area contributed by atoms with Crippen molar-refractivity contribution in [1.29, 1.82) is 0 Å². The van der Waals surface area contributed by atoms with E-state index in [0.717, 1.165) is 16.6 Å². The fourth-order valence-corrected chi connectivity index (χ4v) is 2.38. The number of amides is 1. The Labute approximate surface area is 138 Å². The summed E-state index contributed by atoms with van der Waals surface area (Å²) in [7, 11) is 0. The van der Waals surface area contributed by atoms with Crippen LogP contribution < -0.4 is 5.32 Å². The highest BCUT2D eigenvalue weighted by molar-refractivity contribution is 9.10. The number of nitrogens with zero attached hydrogens (tertiary/aromatic N) is 2. The number of anilines is 1. The second kappa shape index (κ2) is 6.53. The van der Waals surface area contributed by atoms with E-state index in [2.05, 4.69) is 21.2 Å². The average Bonchev–Trinajstić information content (AvgIpc) is 2.46. The lowest BCUT2D eigenvalue weighted by atomic mass is 10.0. The van der Waals surface area contributed by atoms with Crippen molar-refractivity contribution in [2.75, 3.05) is 5.32 Å². The predicted molar refractivity (Wildman–Crippen MR) is 86.6 cm³/mol. The number of carbonyl (C=O) groups is 1. The van der Waals surface area contributed by atoms with Gasteiger partial charge in [0.15, 0.2) is 0 Å². The summed E-state index contributed by atoms with van der Waals surface area (Å²) in [5.74, 6) is -0.660. The molecule has 0 saturated heterocycles. The van der Waals surface area contributed by atoms with Gasteiger partial charge in [0.2, 0.25) is 0 Å². The molecule has 0 aliphatic heterocycles. The van der Waals surface area contributed by atoms with Gasteiger partial charge in [0.1, 0.15) is 0 Å². The van der Waals surface area contributed by atoms with Crippen LogP contribution in [0.3, 0.4) is 0 Å². The molecule has 1 N–H and O–H groups in total. The van der Waals surface area contributed by atoms with Crippen molar-refractivity contribution < 1.29 is 14.6 Å². The van der Waals surface area contributed by atoms with Crippen LogP contribution in [-0.4, -0.2) is 15.8 Å². The Morgan fingerprint density at radius 3 is 2.39 bits per heavy atom. The number of hydrogen-bond acceptors (Lipinski definition) is 5. The maximum Gasteiger partial charge on any atom is 0.279 e. The molecule has 2 rings (SSSR count). The molecule has 0 aromatic heterocycles. The summed E-state index contributed by atoms with van der Waals surface area (Å²) in [6, 6.07) is 8.59. The van der Waals surface area contributed by atoms with Crippen LogP contribution in [0.25, 0.3) is 0 Å². The molecule has 1 amide bonds. The Morgan fingerprint density at radius 2 is 1.83 bits per heavy atom. The molecule has 0 unspecified atom stereocenters. The zero-order chi connectivity index (χ0) is 17.1. The van der Waals surface area contributed by atoms with E-state index >= 15 is 0 Å². The van der Waals surface area contributed by atoms with E-state index in [9.17, 15) is 25.0 Å². The van der Waals surface area contributed by atoms with Crippen LogP contribution in [0.5, 0.6) is 0 Å². The second-order valence-electron chi connectivity index (χ2n) is 4.62. The minimum Gasteiger partial charge on any atom is -0.322 e. The normalized spacial score (nSPS) is 10.2. The average molecular weight is 380 g/mol. The van der Waals surface area contributed by atoms with Gasteiger partial charge in [0.05, 0.1) is 21.5 Å². The zero-order valence-electron chi connectivity index (χ0n) is 11.8. The van der Waals surface area contributed by atoms with Gasteiger partial charge in [-0.2, -0.15) is 0 Å². The fourth-order valence-electron chi connectivity index (χ4n) is 1.98. The van der Waals surface area contributed by atoms with Crippen LogP contribution in [0.2, 0.25) is 0 Å². The van der Waals surface area contributed by atoms with Crippen molar-refractivity contribution >= 4 is 38.9 Å². The quantitative estimate of drug-likeness (QED) is 0.639. The Hall–Kier alpha value is -2.81. The van der Waals surface area contributed by atoms with Crippen LogP contribution in [0, 0.1) is 27.2 Å². The fraction of sp³-hybridized carbons (Fsp3) is 0.0714. The van der Waals surface area contributed by atoms with Crippen molar-refractivity contribution in [1.82, 2.24) is 0 Å². The first kappa shape index (κ1) is 16.6. The second-order valence-corrected chi connectivity index (χ2v) is 5.53. The first-order valence-corrected chi connectivity index (χ1v) is 7.09. The molecule has 0 spiro atoms. The third kappa shape index (κ3) is 3.69. The summed E-state index contributed by atoms with van der Waals surface area (Å²) < 4.78 is 0.733. The van der Waals surface area contributed by atoms with E-state index in [4.69, 9.17) is 0 Å². The topological polar surface area (TPSA) is 115 Å². The molecule has 23 heavy (non-hydrogen) atoms. The summed E-state index contributed by atoms with van der Waals surface area (Å²) in [6.45, 7) is 1.37. The standard InChI is InChI=1S/C14H10BrN3O5/c1-8-12(6-11(17(20)21)7-13(8)18(22)23)14(19)16-10-4-2-3-9(15)5-10/h2-7H,1H3,(H,16,19). The summed E-state index contributed by atoms with van der Waals surface area (Å²) in [6.07, 6.45) is 0. The highest BCUT2D eigenvalue weighted by Crippen LogP contribution is 2.28. The lowest BCUT2D eigenvalue weighted by molar-refractivity contribution is -0.394. The molecule has 8 nitrogen and oxygen atoms in total. The third-order valence-corrected chi connectivity index (χ3v) is 3.59. The van der Waals surface area contributed by atoms with Crippen molar-refractivity contribution in [3.8, 4) is 0 Å². The van der Waals surface area contributed by atoms with Gasteiger partial charge in [0.25, 0.3) is 17.3 Å². The number of nitro groups is 2. The van der Waals surface area contributed by atoms with Gasteiger partial charge in [-0.15, -0.1) is 0 Å². The number of benzene rings is 2. The number of carbonyl (C=O) groups excluding carboxylic acids is 1. The number of nitrogens with one attached hydrogen (secondary N) is 1. The molecule has 0 fully saturated rings. The van der Waals surface area contributed by atoms with E-state index in [1.807, 2.05) is 0 Å². The SMILES string of the molecule is Cc1c(C(=O)Nc2cccc(Br)c2)cc([N+](=O)[O-])cc1[N+](=O)[O-]. The molecular weight excluding hydrogens is 370 g/mol. The Kier molecular flexibility index (Phi) is 4.70. The number of rotatable bonds is 4. The van der Waals surface area contributed by atoms with E-state index in [1.165, 1.54) is 6.92 Å². The maximum absolute atomic E-state index is 12.3. The minimum absolute atomic E-state index is 0.0631. The highest BCUT2D eigenvalue weighted by Gasteiger charge is 2.24. The summed E-state index contributed by atoms with van der Waals surface area (Å²) >= 11 is 3.25. The molecular formula is C14H10BrN3O5. The molecule has 0 bridgehead atoms. The largest absolute Gasteiger partial charge is 0.322 e. The van der Waals surface area contributed by atoms with Crippen LogP contribution in [-0.2, 0) is 0 Å². The number of halogens is 1. The molecule has 0 radical (unpaired) electrons. The summed E-state index contributed by atoms with van der Waals surface area (Å²) in [5.41, 5.74) is -0.586. The first-order chi connectivity index (χ1) is 10.8. The molecule has 0 saturated carbocycles. The van der Waals surface area contributed by atoms with Gasteiger partial charge in [-0.1, -0.05) is 22.0 Å². The van der Waals surface area contributed by atoms with Gasteiger partial charge < -0.3 is 5.32 Å². The maximum atomic E-state index is 12.3. The molecule has 2 aromatic carbocycles. The lowest BCUT2D eigenvalue weighted by Crippen LogP contribution is -2.14. The predicted octanol–water partition coefficient (Wildman–Crippen LogP) is 3.83. The van der Waals surface area contributed by atoms with Crippen LogP contribution >= 0.6 is 15.9 Å². The zero-order valence-corrected chi connectivity index (χ0v) is 13.4. The van der Waals surface area contributed by atoms with E-state index in [-0.39, 0.29) is 11.1 Å². The van der Waals surface area contributed by atoms with E-state index < -0.39 is 27.1 Å². The van der Waals surface area contributed by atoms with Crippen LogP contribution in [0.1, 0.15) is 15.9 Å². The molecule has 0 atom stereocenters. The highest BCUT2D eigenvalue weighted by atomic mass is 79.9. The van der Waals surface area contributed by atoms with E-state index in [1.54, 1.807) is 24.3 Å². The van der Waals surface area contributed by atoms with Gasteiger partial charge in [-0.25, -0.2) is 0 Å². The monoisotopic (exact) mass is 379 g/mol. The number of hydrogen-bond donors (Lipinski definition) is 1. The van der Waals surface area contributed by atoms with Gasteiger partial charge in [0, 0.05) is 21.8 Å². The summed E-state index contributed by atoms with van der Waals surface area (Å²) in [4.78, 5) is 32.7. The Balaban J connectivity index is 2.46. The van der Waals surface area contributed by atoms with E-state index in [0.29, 0.717) is 5.69 Å². The molecule has 0 aliphatic carbocycles. The molecule has 118 valence electrons. The van der Waals surface area contributed by atoms with Gasteiger partial charge in [-0.05, 0) is 25.1 Å². The third-order valence-electron chi connectivity index (χ3n) is 3.10. The van der Waals surface area contributed by atoms with Crippen LogP contribution in [0.15, 0.2) is 40.9 Å². The smallest absolute Gasteiger partial charge is 0.279 e. The van der Waals surface area contributed by atoms with Crippen molar-refractivity contribution in [3.05, 3.63) is 72.2 Å². The van der Waals surface area contributed by atoms with Gasteiger partial charge >= 0.3 is 0 Å². The van der Waals surface area contributed by atoms with Crippen molar-refractivity contribution in [3.63, 3.8) is 0 Å².